The van der Waals surface area contributed by atoms with Crippen LogP contribution in [0.25, 0.3) is 10.2 Å². The van der Waals surface area contributed by atoms with Crippen LogP contribution in [0.15, 0.2) is 47.5 Å². The summed E-state index contributed by atoms with van der Waals surface area (Å²) in [6.07, 6.45) is 2.00. The number of fused-ring (bicyclic) bond motifs is 1. The van der Waals surface area contributed by atoms with Crippen molar-refractivity contribution in [3.63, 3.8) is 0 Å². The van der Waals surface area contributed by atoms with Crippen LogP contribution in [-0.2, 0) is 20.8 Å². The van der Waals surface area contributed by atoms with Crippen molar-refractivity contribution in [2.45, 2.75) is 26.3 Å². The summed E-state index contributed by atoms with van der Waals surface area (Å²) in [5.41, 5.74) is 1.41. The maximum absolute atomic E-state index is 12.8. The summed E-state index contributed by atoms with van der Waals surface area (Å²) in [4.78, 5) is 41.1. The quantitative estimate of drug-likeness (QED) is 0.380. The number of rotatable bonds is 8. The van der Waals surface area contributed by atoms with Crippen molar-refractivity contribution in [2.24, 2.45) is 4.99 Å². The predicted octanol–water partition coefficient (Wildman–Crippen LogP) is 3.58. The SMILES string of the molecule is CCCCOc1ccc(C(=O)N=c2sc3cc(C(=O)OC)ccc3n2CC(=O)OC)cc1. The van der Waals surface area contributed by atoms with Gasteiger partial charge in [0.15, 0.2) is 4.80 Å². The van der Waals surface area contributed by atoms with Crippen molar-refractivity contribution in [3.05, 3.63) is 58.4 Å². The van der Waals surface area contributed by atoms with Crippen LogP contribution < -0.4 is 9.54 Å². The lowest BCUT2D eigenvalue weighted by molar-refractivity contribution is -0.141. The Hall–Kier alpha value is -3.46. The number of benzene rings is 2. The van der Waals surface area contributed by atoms with Gasteiger partial charge in [0.05, 0.1) is 36.6 Å². The van der Waals surface area contributed by atoms with E-state index in [2.05, 4.69) is 11.9 Å². The first-order valence-electron chi connectivity index (χ1n) is 10.1. The molecule has 0 saturated carbocycles. The number of carbonyl (C=O) groups is 3. The van der Waals surface area contributed by atoms with Gasteiger partial charge in [-0.15, -0.1) is 0 Å². The number of amides is 1. The van der Waals surface area contributed by atoms with E-state index >= 15 is 0 Å². The molecule has 0 aliphatic heterocycles. The molecule has 3 rings (SSSR count). The second-order valence-corrected chi connectivity index (χ2v) is 7.87. The molecule has 1 heterocycles. The second-order valence-electron chi connectivity index (χ2n) is 6.86. The lowest BCUT2D eigenvalue weighted by Crippen LogP contribution is -2.22. The summed E-state index contributed by atoms with van der Waals surface area (Å²) in [7, 11) is 2.59. The van der Waals surface area contributed by atoms with Gasteiger partial charge < -0.3 is 18.8 Å². The molecule has 0 radical (unpaired) electrons. The standard InChI is InChI=1S/C23H24N2O6S/c1-4-5-12-31-17-9-6-15(7-10-17)21(27)24-23-25(14-20(26)29-2)18-11-8-16(22(28)30-3)13-19(18)32-23/h6-11,13H,4-5,12,14H2,1-3H3. The Morgan fingerprint density at radius 3 is 2.38 bits per heavy atom. The van der Waals surface area contributed by atoms with Gasteiger partial charge >= 0.3 is 11.9 Å². The summed E-state index contributed by atoms with van der Waals surface area (Å²) < 4.78 is 17.4. The van der Waals surface area contributed by atoms with Gasteiger partial charge in [-0.25, -0.2) is 4.79 Å². The topological polar surface area (TPSA) is 96.2 Å². The summed E-state index contributed by atoms with van der Waals surface area (Å²) in [5.74, 6) is -0.726. The molecule has 0 aliphatic carbocycles. The van der Waals surface area contributed by atoms with Gasteiger partial charge in [0, 0.05) is 5.56 Å². The van der Waals surface area contributed by atoms with Crippen LogP contribution in [0, 0.1) is 0 Å². The van der Waals surface area contributed by atoms with E-state index in [1.807, 2.05) is 0 Å². The highest BCUT2D eigenvalue weighted by Gasteiger charge is 2.15. The van der Waals surface area contributed by atoms with Crippen LogP contribution in [-0.4, -0.2) is 43.2 Å². The number of nitrogens with zero attached hydrogens (tertiary/aromatic N) is 2. The monoisotopic (exact) mass is 456 g/mol. The van der Waals surface area contributed by atoms with E-state index in [0.717, 1.165) is 12.8 Å². The van der Waals surface area contributed by atoms with Crippen molar-refractivity contribution in [2.75, 3.05) is 20.8 Å². The van der Waals surface area contributed by atoms with Crippen molar-refractivity contribution in [3.8, 4) is 5.75 Å². The third kappa shape index (κ3) is 5.42. The van der Waals surface area contributed by atoms with E-state index in [-0.39, 0.29) is 6.54 Å². The molecule has 0 N–H and O–H groups in total. The van der Waals surface area contributed by atoms with Gasteiger partial charge in [0.2, 0.25) is 0 Å². The third-order valence-corrected chi connectivity index (χ3v) is 5.72. The molecule has 8 nitrogen and oxygen atoms in total. The molecule has 1 aromatic heterocycles. The van der Waals surface area contributed by atoms with Crippen molar-refractivity contribution in [1.29, 1.82) is 0 Å². The summed E-state index contributed by atoms with van der Waals surface area (Å²) in [6.45, 7) is 2.59. The highest BCUT2D eigenvalue weighted by Crippen LogP contribution is 2.20. The number of carbonyl (C=O) groups excluding carboxylic acids is 3. The third-order valence-electron chi connectivity index (χ3n) is 4.68. The average molecular weight is 457 g/mol. The molecule has 3 aromatic rings. The molecule has 168 valence electrons. The Bertz CT molecular complexity index is 1190. The number of esters is 2. The van der Waals surface area contributed by atoms with Crippen molar-refractivity contribution in [1.82, 2.24) is 4.57 Å². The number of aromatic nitrogens is 1. The Kier molecular flexibility index (Phi) is 7.77. The summed E-state index contributed by atoms with van der Waals surface area (Å²) in [6, 6.07) is 11.7. The number of unbranched alkanes of at least 4 members (excludes halogenated alkanes) is 1. The molecular formula is C23H24N2O6S. The van der Waals surface area contributed by atoms with Gasteiger partial charge in [-0.1, -0.05) is 24.7 Å². The van der Waals surface area contributed by atoms with E-state index in [0.29, 0.717) is 38.5 Å². The number of hydrogen-bond donors (Lipinski definition) is 0. The Balaban J connectivity index is 1.97. The number of thiazole rings is 1. The fraction of sp³-hybridized carbons (Fsp3) is 0.304. The minimum absolute atomic E-state index is 0.121. The fourth-order valence-electron chi connectivity index (χ4n) is 2.93. The Labute approximate surface area is 189 Å². The van der Waals surface area contributed by atoms with Crippen LogP contribution >= 0.6 is 11.3 Å². The molecule has 1 amide bonds. The Morgan fingerprint density at radius 1 is 1.00 bits per heavy atom. The van der Waals surface area contributed by atoms with Gasteiger partial charge in [0.25, 0.3) is 5.91 Å². The maximum atomic E-state index is 12.8. The van der Waals surface area contributed by atoms with Gasteiger partial charge in [-0.3, -0.25) is 9.59 Å². The van der Waals surface area contributed by atoms with Crippen LogP contribution in [0.5, 0.6) is 5.75 Å². The molecule has 32 heavy (non-hydrogen) atoms. The van der Waals surface area contributed by atoms with Gasteiger partial charge in [-0.2, -0.15) is 4.99 Å². The second kappa shape index (κ2) is 10.7. The van der Waals surface area contributed by atoms with Crippen molar-refractivity contribution >= 4 is 39.4 Å². The molecule has 0 fully saturated rings. The smallest absolute Gasteiger partial charge is 0.337 e. The molecule has 0 atom stereocenters. The average Bonchev–Trinajstić information content (AvgIpc) is 3.14. The van der Waals surface area contributed by atoms with Crippen LogP contribution in [0.3, 0.4) is 0 Å². The van der Waals surface area contributed by atoms with E-state index in [1.165, 1.54) is 25.6 Å². The molecule has 0 spiro atoms. The number of methoxy groups -OCH3 is 2. The lowest BCUT2D eigenvalue weighted by atomic mass is 10.2. The van der Waals surface area contributed by atoms with E-state index in [4.69, 9.17) is 14.2 Å². The lowest BCUT2D eigenvalue weighted by Gasteiger charge is -2.05. The molecular weight excluding hydrogens is 432 g/mol. The molecule has 0 saturated heterocycles. The predicted molar refractivity (Wildman–Crippen MR) is 120 cm³/mol. The van der Waals surface area contributed by atoms with Gasteiger partial charge in [-0.05, 0) is 48.9 Å². The zero-order chi connectivity index (χ0) is 23.1. The summed E-state index contributed by atoms with van der Waals surface area (Å²) >= 11 is 1.19. The zero-order valence-corrected chi connectivity index (χ0v) is 18.9. The highest BCUT2D eigenvalue weighted by molar-refractivity contribution is 7.16. The fourth-order valence-corrected chi connectivity index (χ4v) is 4.00. The van der Waals surface area contributed by atoms with Crippen LogP contribution in [0.1, 0.15) is 40.5 Å². The molecule has 2 aromatic carbocycles. The first-order chi connectivity index (χ1) is 15.5. The first kappa shape index (κ1) is 23.2. The largest absolute Gasteiger partial charge is 0.494 e. The van der Waals surface area contributed by atoms with Crippen LogP contribution in [0.2, 0.25) is 0 Å². The van der Waals surface area contributed by atoms with E-state index < -0.39 is 17.8 Å². The number of ether oxygens (including phenoxy) is 3. The molecule has 0 bridgehead atoms. The normalized spacial score (nSPS) is 11.4. The minimum atomic E-state index is -0.482. The Morgan fingerprint density at radius 2 is 1.72 bits per heavy atom. The van der Waals surface area contributed by atoms with Crippen molar-refractivity contribution < 1.29 is 28.6 Å². The zero-order valence-electron chi connectivity index (χ0n) is 18.1. The molecule has 9 heteroatoms. The number of hydrogen-bond acceptors (Lipinski definition) is 7. The highest BCUT2D eigenvalue weighted by atomic mass is 32.1. The minimum Gasteiger partial charge on any atom is -0.494 e. The maximum Gasteiger partial charge on any atom is 0.337 e. The van der Waals surface area contributed by atoms with E-state index in [1.54, 1.807) is 47.0 Å². The van der Waals surface area contributed by atoms with Gasteiger partial charge in [0.1, 0.15) is 12.3 Å². The summed E-state index contributed by atoms with van der Waals surface area (Å²) in [5, 5.41) is 0. The van der Waals surface area contributed by atoms with Crippen LogP contribution in [0.4, 0.5) is 0 Å². The first-order valence-corrected chi connectivity index (χ1v) is 10.9. The van der Waals surface area contributed by atoms with E-state index in [9.17, 15) is 14.4 Å². The molecule has 0 unspecified atom stereocenters. The molecule has 0 aliphatic rings.